The molecule has 3 heterocycles. The standard InChI is InChI=1S/C21H26N6OS/c1-4-22-21-24-15(3)19(29-21)18-7-8-23-20(26-18)25-17-6-5-16(13-14(17)2)27-9-11-28-12-10-27/h5-8,13H,4,9-12H2,1-3H3,(H,22,24)(H,23,25,26). The number of hydrogen-bond acceptors (Lipinski definition) is 8. The number of thiazole rings is 1. The normalized spacial score (nSPS) is 14.1. The van der Waals surface area contributed by atoms with Crippen molar-refractivity contribution in [3.8, 4) is 10.6 Å². The average Bonchev–Trinajstić information content (AvgIpc) is 3.11. The van der Waals surface area contributed by atoms with Crippen molar-refractivity contribution in [3.05, 3.63) is 41.7 Å². The summed E-state index contributed by atoms with van der Waals surface area (Å²) >= 11 is 1.62. The van der Waals surface area contributed by atoms with Crippen LogP contribution in [0.2, 0.25) is 0 Å². The van der Waals surface area contributed by atoms with Gasteiger partial charge in [0, 0.05) is 37.2 Å². The molecule has 0 spiro atoms. The molecule has 29 heavy (non-hydrogen) atoms. The maximum absolute atomic E-state index is 5.45. The molecular formula is C21H26N6OS. The maximum Gasteiger partial charge on any atom is 0.227 e. The van der Waals surface area contributed by atoms with E-state index in [1.165, 1.54) is 5.69 Å². The van der Waals surface area contributed by atoms with Crippen LogP contribution in [0.3, 0.4) is 0 Å². The Balaban J connectivity index is 1.53. The van der Waals surface area contributed by atoms with Gasteiger partial charge in [-0.25, -0.2) is 15.0 Å². The molecule has 2 N–H and O–H groups in total. The molecule has 0 amide bonds. The molecule has 7 nitrogen and oxygen atoms in total. The quantitative estimate of drug-likeness (QED) is 0.630. The summed E-state index contributed by atoms with van der Waals surface area (Å²) in [6.07, 6.45) is 1.79. The molecule has 0 saturated carbocycles. The molecule has 2 aromatic heterocycles. The lowest BCUT2D eigenvalue weighted by Gasteiger charge is -2.29. The molecule has 1 aliphatic heterocycles. The summed E-state index contributed by atoms with van der Waals surface area (Å²) in [5.74, 6) is 0.586. The number of benzene rings is 1. The Labute approximate surface area is 175 Å². The van der Waals surface area contributed by atoms with Crippen molar-refractivity contribution in [3.63, 3.8) is 0 Å². The highest BCUT2D eigenvalue weighted by molar-refractivity contribution is 7.19. The molecule has 0 atom stereocenters. The van der Waals surface area contributed by atoms with E-state index in [1.54, 1.807) is 17.5 Å². The van der Waals surface area contributed by atoms with E-state index >= 15 is 0 Å². The summed E-state index contributed by atoms with van der Waals surface area (Å²) in [5, 5.41) is 7.56. The van der Waals surface area contributed by atoms with Crippen LogP contribution in [-0.4, -0.2) is 47.8 Å². The number of aryl methyl sites for hydroxylation is 2. The maximum atomic E-state index is 5.45. The largest absolute Gasteiger partial charge is 0.378 e. The SMILES string of the molecule is CCNc1nc(C)c(-c2ccnc(Nc3ccc(N4CCOCC4)cc3C)n2)s1. The van der Waals surface area contributed by atoms with E-state index in [-0.39, 0.29) is 0 Å². The van der Waals surface area contributed by atoms with Gasteiger partial charge in [0.05, 0.1) is 29.5 Å². The van der Waals surface area contributed by atoms with Gasteiger partial charge in [0.1, 0.15) is 0 Å². The predicted molar refractivity (Wildman–Crippen MR) is 120 cm³/mol. The topological polar surface area (TPSA) is 75.2 Å². The number of rotatable bonds is 6. The van der Waals surface area contributed by atoms with Crippen molar-refractivity contribution in [1.82, 2.24) is 15.0 Å². The molecule has 152 valence electrons. The lowest BCUT2D eigenvalue weighted by atomic mass is 10.1. The van der Waals surface area contributed by atoms with Gasteiger partial charge < -0.3 is 20.3 Å². The van der Waals surface area contributed by atoms with Gasteiger partial charge in [-0.15, -0.1) is 0 Å². The molecule has 0 aliphatic carbocycles. The predicted octanol–water partition coefficient (Wildman–Crippen LogP) is 4.23. The van der Waals surface area contributed by atoms with E-state index in [0.717, 1.165) is 65.5 Å². The number of anilines is 4. The molecule has 0 radical (unpaired) electrons. The second-order valence-electron chi connectivity index (χ2n) is 6.95. The number of ether oxygens (including phenoxy) is 1. The molecule has 3 aromatic rings. The molecule has 1 aliphatic rings. The van der Waals surface area contributed by atoms with Gasteiger partial charge in [-0.05, 0) is 50.6 Å². The zero-order chi connectivity index (χ0) is 20.2. The van der Waals surface area contributed by atoms with Crippen molar-refractivity contribution in [2.75, 3.05) is 48.4 Å². The third kappa shape index (κ3) is 4.49. The second kappa shape index (κ2) is 8.75. The minimum atomic E-state index is 0.586. The zero-order valence-electron chi connectivity index (χ0n) is 17.0. The van der Waals surface area contributed by atoms with Crippen molar-refractivity contribution in [2.45, 2.75) is 20.8 Å². The average molecular weight is 411 g/mol. The number of nitrogens with one attached hydrogen (secondary N) is 2. The summed E-state index contributed by atoms with van der Waals surface area (Å²) in [4.78, 5) is 17.1. The van der Waals surface area contributed by atoms with Crippen LogP contribution in [-0.2, 0) is 4.74 Å². The lowest BCUT2D eigenvalue weighted by Crippen LogP contribution is -2.36. The lowest BCUT2D eigenvalue weighted by molar-refractivity contribution is 0.122. The number of nitrogens with zero attached hydrogens (tertiary/aromatic N) is 4. The number of aromatic nitrogens is 3. The van der Waals surface area contributed by atoms with Crippen LogP contribution >= 0.6 is 11.3 Å². The summed E-state index contributed by atoms with van der Waals surface area (Å²) in [7, 11) is 0. The monoisotopic (exact) mass is 410 g/mol. The van der Waals surface area contributed by atoms with Crippen LogP contribution in [0.5, 0.6) is 0 Å². The molecule has 1 saturated heterocycles. The Hall–Kier alpha value is -2.71. The third-order valence-electron chi connectivity index (χ3n) is 4.85. The van der Waals surface area contributed by atoms with E-state index in [9.17, 15) is 0 Å². The van der Waals surface area contributed by atoms with Crippen molar-refractivity contribution in [2.24, 2.45) is 0 Å². The van der Waals surface area contributed by atoms with Gasteiger partial charge in [0.25, 0.3) is 0 Å². The first-order chi connectivity index (χ1) is 14.1. The molecule has 0 unspecified atom stereocenters. The van der Waals surface area contributed by atoms with Crippen molar-refractivity contribution < 1.29 is 4.74 Å². The van der Waals surface area contributed by atoms with Crippen LogP contribution in [0, 0.1) is 13.8 Å². The Morgan fingerprint density at radius 3 is 2.72 bits per heavy atom. The minimum absolute atomic E-state index is 0.586. The van der Waals surface area contributed by atoms with Crippen molar-refractivity contribution in [1.29, 1.82) is 0 Å². The van der Waals surface area contributed by atoms with Gasteiger partial charge in [0.15, 0.2) is 5.13 Å². The molecule has 0 bridgehead atoms. The first-order valence-corrected chi connectivity index (χ1v) is 10.7. The Bertz CT molecular complexity index is 983. The summed E-state index contributed by atoms with van der Waals surface area (Å²) in [6.45, 7) is 10.5. The van der Waals surface area contributed by atoms with Gasteiger partial charge in [-0.3, -0.25) is 0 Å². The van der Waals surface area contributed by atoms with Gasteiger partial charge in [-0.1, -0.05) is 11.3 Å². The van der Waals surface area contributed by atoms with E-state index in [0.29, 0.717) is 5.95 Å². The molecular weight excluding hydrogens is 384 g/mol. The van der Waals surface area contributed by atoms with Crippen LogP contribution in [0.25, 0.3) is 10.6 Å². The molecule has 1 aromatic carbocycles. The molecule has 4 rings (SSSR count). The van der Waals surface area contributed by atoms with Crippen LogP contribution < -0.4 is 15.5 Å². The fourth-order valence-electron chi connectivity index (χ4n) is 3.33. The first-order valence-electron chi connectivity index (χ1n) is 9.89. The zero-order valence-corrected chi connectivity index (χ0v) is 17.8. The first kappa shape index (κ1) is 19.6. The van der Waals surface area contributed by atoms with Crippen LogP contribution in [0.4, 0.5) is 22.5 Å². The van der Waals surface area contributed by atoms with E-state index in [1.807, 2.05) is 13.0 Å². The fourth-order valence-corrected chi connectivity index (χ4v) is 4.34. The second-order valence-corrected chi connectivity index (χ2v) is 7.95. The summed E-state index contributed by atoms with van der Waals surface area (Å²) in [6, 6.07) is 8.36. The highest BCUT2D eigenvalue weighted by atomic mass is 32.1. The van der Waals surface area contributed by atoms with Crippen LogP contribution in [0.1, 0.15) is 18.2 Å². The Morgan fingerprint density at radius 1 is 1.14 bits per heavy atom. The summed E-state index contributed by atoms with van der Waals surface area (Å²) < 4.78 is 5.45. The van der Waals surface area contributed by atoms with Crippen LogP contribution in [0.15, 0.2) is 30.5 Å². The third-order valence-corrected chi connectivity index (χ3v) is 5.98. The van der Waals surface area contributed by atoms with Gasteiger partial charge >= 0.3 is 0 Å². The van der Waals surface area contributed by atoms with E-state index in [2.05, 4.69) is 57.5 Å². The van der Waals surface area contributed by atoms with E-state index < -0.39 is 0 Å². The highest BCUT2D eigenvalue weighted by Crippen LogP contribution is 2.32. The Kier molecular flexibility index (Phi) is 5.92. The Morgan fingerprint density at radius 2 is 1.97 bits per heavy atom. The highest BCUT2D eigenvalue weighted by Gasteiger charge is 2.14. The summed E-state index contributed by atoms with van der Waals surface area (Å²) in [5.41, 5.74) is 5.24. The van der Waals surface area contributed by atoms with Crippen molar-refractivity contribution >= 4 is 33.8 Å². The molecule has 8 heteroatoms. The fraction of sp³-hybridized carbons (Fsp3) is 0.381. The van der Waals surface area contributed by atoms with E-state index in [4.69, 9.17) is 9.72 Å². The number of hydrogen-bond donors (Lipinski definition) is 2. The molecule has 1 fully saturated rings. The smallest absolute Gasteiger partial charge is 0.227 e. The minimum Gasteiger partial charge on any atom is -0.378 e. The van der Waals surface area contributed by atoms with Gasteiger partial charge in [0.2, 0.25) is 5.95 Å². The number of morpholine rings is 1. The van der Waals surface area contributed by atoms with Gasteiger partial charge in [-0.2, -0.15) is 0 Å².